The average molecular weight is 253 g/mol. The first-order valence-electron chi connectivity index (χ1n) is 5.24. The molecule has 1 atom stereocenters. The van der Waals surface area contributed by atoms with Gasteiger partial charge in [-0.15, -0.1) is 0 Å². The number of carboxylic acid groups (broad SMARTS) is 1. The normalized spacial score (nSPS) is 11.7. The molecule has 0 aliphatic heterocycles. The molecule has 0 bridgehead atoms. The van der Waals surface area contributed by atoms with E-state index in [0.29, 0.717) is 11.3 Å². The fourth-order valence-corrected chi connectivity index (χ4v) is 1.42. The van der Waals surface area contributed by atoms with Gasteiger partial charge < -0.3 is 20.3 Å². The van der Waals surface area contributed by atoms with Crippen LogP contribution < -0.4 is 10.5 Å². The summed E-state index contributed by atoms with van der Waals surface area (Å²) in [6.07, 6.45) is -0.788. The molecule has 18 heavy (non-hydrogen) atoms. The van der Waals surface area contributed by atoms with Crippen LogP contribution in [0.3, 0.4) is 0 Å². The van der Waals surface area contributed by atoms with Crippen molar-refractivity contribution < 1.29 is 24.2 Å². The molecule has 0 saturated carbocycles. The summed E-state index contributed by atoms with van der Waals surface area (Å²) in [5, 5.41) is 8.89. The van der Waals surface area contributed by atoms with E-state index >= 15 is 0 Å². The van der Waals surface area contributed by atoms with Gasteiger partial charge in [0.25, 0.3) is 0 Å². The number of carbonyl (C=O) groups is 2. The topological polar surface area (TPSA) is 98.9 Å². The molecule has 1 rings (SSSR count). The minimum atomic E-state index is -1.11. The van der Waals surface area contributed by atoms with Gasteiger partial charge >= 0.3 is 11.9 Å². The number of carboxylic acids is 1. The second-order valence-corrected chi connectivity index (χ2v) is 3.79. The molecule has 3 N–H and O–H groups in total. The summed E-state index contributed by atoms with van der Waals surface area (Å²) in [5.74, 6) is -1.27. The Morgan fingerprint density at radius 3 is 2.50 bits per heavy atom. The fourth-order valence-electron chi connectivity index (χ4n) is 1.42. The molecule has 0 radical (unpaired) electrons. The summed E-state index contributed by atoms with van der Waals surface area (Å²) in [7, 11) is 1.26. The lowest BCUT2D eigenvalue weighted by Crippen LogP contribution is -2.25. The number of aromatic carboxylic acids is 1. The number of esters is 1. The molecule has 6 heteroatoms. The summed E-state index contributed by atoms with van der Waals surface area (Å²) >= 11 is 0. The van der Waals surface area contributed by atoms with Crippen molar-refractivity contribution in [1.82, 2.24) is 0 Å². The van der Waals surface area contributed by atoms with E-state index < -0.39 is 18.0 Å². The van der Waals surface area contributed by atoms with Crippen molar-refractivity contribution >= 4 is 17.6 Å². The Kier molecular flexibility index (Phi) is 4.14. The van der Waals surface area contributed by atoms with Gasteiger partial charge in [-0.2, -0.15) is 0 Å². The Hall–Kier alpha value is -2.24. The van der Waals surface area contributed by atoms with E-state index in [1.54, 1.807) is 6.92 Å². The van der Waals surface area contributed by atoms with Crippen LogP contribution in [0.2, 0.25) is 0 Å². The molecule has 0 saturated heterocycles. The summed E-state index contributed by atoms with van der Waals surface area (Å²) < 4.78 is 9.89. The van der Waals surface area contributed by atoms with Crippen LogP contribution in [0.25, 0.3) is 0 Å². The number of hydrogen-bond acceptors (Lipinski definition) is 5. The molecule has 1 aromatic rings. The molecular weight excluding hydrogens is 238 g/mol. The van der Waals surface area contributed by atoms with Gasteiger partial charge in [0.15, 0.2) is 6.10 Å². The SMILES string of the molecule is COC(=O)C(C)Oc1cc(N)c(C(=O)O)cc1C. The van der Waals surface area contributed by atoms with E-state index in [1.165, 1.54) is 26.2 Å². The van der Waals surface area contributed by atoms with E-state index in [2.05, 4.69) is 4.74 Å². The highest BCUT2D eigenvalue weighted by Gasteiger charge is 2.18. The maximum atomic E-state index is 11.2. The first kappa shape index (κ1) is 13.8. The Morgan fingerprint density at radius 2 is 2.00 bits per heavy atom. The number of hydrogen-bond donors (Lipinski definition) is 2. The van der Waals surface area contributed by atoms with Crippen LogP contribution in [-0.2, 0) is 9.53 Å². The summed E-state index contributed by atoms with van der Waals surface area (Å²) in [4.78, 5) is 22.1. The molecule has 6 nitrogen and oxygen atoms in total. The highest BCUT2D eigenvalue weighted by atomic mass is 16.6. The number of benzene rings is 1. The minimum absolute atomic E-state index is 0.00516. The number of rotatable bonds is 4. The van der Waals surface area contributed by atoms with Crippen LogP contribution in [0.5, 0.6) is 5.75 Å². The van der Waals surface area contributed by atoms with Crippen LogP contribution in [0.15, 0.2) is 12.1 Å². The molecule has 0 amide bonds. The van der Waals surface area contributed by atoms with Crippen LogP contribution in [-0.4, -0.2) is 30.3 Å². The van der Waals surface area contributed by atoms with E-state index in [9.17, 15) is 9.59 Å². The van der Waals surface area contributed by atoms with Crippen molar-refractivity contribution in [3.8, 4) is 5.75 Å². The zero-order valence-corrected chi connectivity index (χ0v) is 10.4. The lowest BCUT2D eigenvalue weighted by atomic mass is 10.1. The molecule has 1 aromatic carbocycles. The van der Waals surface area contributed by atoms with Gasteiger partial charge in [-0.1, -0.05) is 0 Å². The number of methoxy groups -OCH3 is 1. The third-order valence-electron chi connectivity index (χ3n) is 2.41. The lowest BCUT2D eigenvalue weighted by molar-refractivity contribution is -0.147. The molecule has 1 unspecified atom stereocenters. The smallest absolute Gasteiger partial charge is 0.346 e. The molecule has 0 spiro atoms. The zero-order valence-electron chi connectivity index (χ0n) is 10.4. The molecule has 0 aromatic heterocycles. The highest BCUT2D eigenvalue weighted by molar-refractivity contribution is 5.94. The number of ether oxygens (including phenoxy) is 2. The van der Waals surface area contributed by atoms with Crippen LogP contribution in [0, 0.1) is 6.92 Å². The molecule has 0 fully saturated rings. The zero-order chi connectivity index (χ0) is 13.9. The average Bonchev–Trinajstić information content (AvgIpc) is 2.31. The largest absolute Gasteiger partial charge is 0.479 e. The second-order valence-electron chi connectivity index (χ2n) is 3.79. The summed E-state index contributed by atoms with van der Waals surface area (Å²) in [6, 6.07) is 2.79. The molecule has 0 heterocycles. The van der Waals surface area contributed by atoms with Gasteiger partial charge in [0.2, 0.25) is 0 Å². The monoisotopic (exact) mass is 253 g/mol. The third-order valence-corrected chi connectivity index (χ3v) is 2.41. The quantitative estimate of drug-likeness (QED) is 0.618. The number of nitrogen functional groups attached to an aromatic ring is 1. The van der Waals surface area contributed by atoms with Gasteiger partial charge in [-0.3, -0.25) is 0 Å². The third kappa shape index (κ3) is 2.91. The maximum absolute atomic E-state index is 11.2. The van der Waals surface area contributed by atoms with Crippen molar-refractivity contribution in [2.75, 3.05) is 12.8 Å². The first-order valence-corrected chi connectivity index (χ1v) is 5.24. The Bertz CT molecular complexity index is 484. The van der Waals surface area contributed by atoms with E-state index in [4.69, 9.17) is 15.6 Å². The number of anilines is 1. The molecular formula is C12H15NO5. The van der Waals surface area contributed by atoms with Crippen molar-refractivity contribution in [2.24, 2.45) is 0 Å². The predicted molar refractivity (Wildman–Crippen MR) is 64.7 cm³/mol. The van der Waals surface area contributed by atoms with Gasteiger partial charge in [-0.25, -0.2) is 9.59 Å². The predicted octanol–water partition coefficient (Wildman–Crippen LogP) is 1.22. The number of carbonyl (C=O) groups excluding carboxylic acids is 1. The number of aryl methyl sites for hydroxylation is 1. The van der Waals surface area contributed by atoms with Gasteiger partial charge in [-0.05, 0) is 25.5 Å². The second kappa shape index (κ2) is 5.39. The van der Waals surface area contributed by atoms with Crippen LogP contribution >= 0.6 is 0 Å². The van der Waals surface area contributed by atoms with Crippen LogP contribution in [0.4, 0.5) is 5.69 Å². The van der Waals surface area contributed by atoms with Crippen LogP contribution in [0.1, 0.15) is 22.8 Å². The van der Waals surface area contributed by atoms with Gasteiger partial charge in [0, 0.05) is 11.8 Å². The van der Waals surface area contributed by atoms with Crippen molar-refractivity contribution in [1.29, 1.82) is 0 Å². The Labute approximate surface area is 104 Å². The fraction of sp³-hybridized carbons (Fsp3) is 0.333. The maximum Gasteiger partial charge on any atom is 0.346 e. The standard InChI is InChI=1S/C12H15NO5/c1-6-4-8(11(14)15)9(13)5-10(6)18-7(2)12(16)17-3/h4-5,7H,13H2,1-3H3,(H,14,15). The van der Waals surface area contributed by atoms with Gasteiger partial charge in [0.1, 0.15) is 5.75 Å². The molecule has 0 aliphatic carbocycles. The summed E-state index contributed by atoms with van der Waals surface area (Å²) in [5.41, 5.74) is 6.27. The summed E-state index contributed by atoms with van der Waals surface area (Å²) in [6.45, 7) is 3.21. The van der Waals surface area contributed by atoms with E-state index in [0.717, 1.165) is 0 Å². The van der Waals surface area contributed by atoms with E-state index in [-0.39, 0.29) is 11.3 Å². The minimum Gasteiger partial charge on any atom is -0.479 e. The van der Waals surface area contributed by atoms with Crippen molar-refractivity contribution in [3.63, 3.8) is 0 Å². The highest BCUT2D eigenvalue weighted by Crippen LogP contribution is 2.26. The number of nitrogens with two attached hydrogens (primary N) is 1. The molecule has 0 aliphatic rings. The van der Waals surface area contributed by atoms with Crippen molar-refractivity contribution in [3.05, 3.63) is 23.3 Å². The van der Waals surface area contributed by atoms with E-state index in [1.807, 2.05) is 0 Å². The molecule has 98 valence electrons. The Morgan fingerprint density at radius 1 is 1.39 bits per heavy atom. The van der Waals surface area contributed by atoms with Gasteiger partial charge in [0.05, 0.1) is 12.7 Å². The van der Waals surface area contributed by atoms with Crippen molar-refractivity contribution in [2.45, 2.75) is 20.0 Å². The first-order chi connectivity index (χ1) is 8.36. The lowest BCUT2D eigenvalue weighted by Gasteiger charge is -2.15. The Balaban J connectivity index is 3.02.